The third kappa shape index (κ3) is 6.22. The second-order valence-electron chi connectivity index (χ2n) is 2.63. The van der Waals surface area contributed by atoms with Crippen molar-refractivity contribution in [2.75, 3.05) is 18.5 Å². The largest absolute Gasteiger partial charge is 0 e. The molecule has 0 aromatic heterocycles. The van der Waals surface area contributed by atoms with Gasteiger partial charge in [-0.25, -0.2) is 0 Å². The summed E-state index contributed by atoms with van der Waals surface area (Å²) in [5, 5.41) is 0. The Kier molecular flexibility index (Phi) is 10.5. The smallest absolute Gasteiger partial charge is 0 e. The van der Waals surface area contributed by atoms with Crippen molar-refractivity contribution in [3.8, 4) is 0 Å². The summed E-state index contributed by atoms with van der Waals surface area (Å²) in [6.07, 6.45) is 8.50. The molecule has 0 spiro atoms. The Morgan fingerprint density at radius 1 is 0.917 bits per heavy atom. The SMILES string of the molecule is C=CC[PH](Cl)(CC=C)CC=C.[Au]. The zero-order valence-corrected chi connectivity index (χ0v) is 11.1. The topological polar surface area (TPSA) is 0 Å². The van der Waals surface area contributed by atoms with Gasteiger partial charge in [0.25, 0.3) is 0 Å². The molecular weight excluding hydrogens is 371 g/mol. The molecule has 0 atom stereocenters. The van der Waals surface area contributed by atoms with Crippen LogP contribution in [-0.4, -0.2) is 18.5 Å². The summed E-state index contributed by atoms with van der Waals surface area (Å²) in [7, 11) is 0. The van der Waals surface area contributed by atoms with Gasteiger partial charge in [-0.15, -0.1) is 0 Å². The number of hydrogen-bond acceptors (Lipinski definition) is 0. The van der Waals surface area contributed by atoms with Crippen LogP contribution < -0.4 is 0 Å². The van der Waals surface area contributed by atoms with E-state index in [9.17, 15) is 0 Å². The molecule has 0 nitrogen and oxygen atoms in total. The van der Waals surface area contributed by atoms with E-state index in [4.69, 9.17) is 11.2 Å². The molecule has 0 fully saturated rings. The molecule has 0 aliphatic rings. The quantitative estimate of drug-likeness (QED) is 0.372. The van der Waals surface area contributed by atoms with E-state index >= 15 is 0 Å². The van der Waals surface area contributed by atoms with Gasteiger partial charge < -0.3 is 0 Å². The van der Waals surface area contributed by atoms with E-state index in [2.05, 4.69) is 19.7 Å². The van der Waals surface area contributed by atoms with Gasteiger partial charge in [-0.05, 0) is 0 Å². The van der Waals surface area contributed by atoms with Crippen LogP contribution in [0.25, 0.3) is 0 Å². The van der Waals surface area contributed by atoms with Gasteiger partial charge in [0.2, 0.25) is 0 Å². The normalized spacial score (nSPS) is 11.1. The fraction of sp³-hybridized carbons (Fsp3) is 0.333. The van der Waals surface area contributed by atoms with E-state index in [1.807, 2.05) is 18.2 Å². The van der Waals surface area contributed by atoms with Crippen molar-refractivity contribution in [2.24, 2.45) is 0 Å². The number of hydrogen-bond donors (Lipinski definition) is 0. The van der Waals surface area contributed by atoms with Gasteiger partial charge >= 0.3 is 74.3 Å². The van der Waals surface area contributed by atoms with Crippen LogP contribution in [0.4, 0.5) is 0 Å². The van der Waals surface area contributed by atoms with Crippen LogP contribution in [0, 0.1) is 0 Å². The maximum atomic E-state index is 6.36. The number of halogens is 1. The van der Waals surface area contributed by atoms with E-state index in [0.29, 0.717) is 0 Å². The average molecular weight is 388 g/mol. The van der Waals surface area contributed by atoms with E-state index in [1.54, 1.807) is 0 Å². The molecule has 0 unspecified atom stereocenters. The van der Waals surface area contributed by atoms with E-state index in [1.165, 1.54) is 0 Å². The first-order valence-electron chi connectivity index (χ1n) is 3.70. The molecule has 0 rings (SSSR count). The summed E-state index contributed by atoms with van der Waals surface area (Å²) < 4.78 is 0. The molecule has 0 heterocycles. The molecule has 1 radical (unpaired) electrons. The zero-order chi connectivity index (χ0) is 8.74. The zero-order valence-electron chi connectivity index (χ0n) is 7.15. The Hall–Kier alpha value is 0.680. The first kappa shape index (κ1) is 15.2. The maximum absolute atomic E-state index is 6.36. The Bertz CT molecular complexity index is 130. The monoisotopic (exact) mass is 387 g/mol. The summed E-state index contributed by atoms with van der Waals surface area (Å²) in [5.41, 5.74) is 0. The Balaban J connectivity index is 0. The Morgan fingerprint density at radius 2 is 1.17 bits per heavy atom. The Morgan fingerprint density at radius 3 is 1.33 bits per heavy atom. The molecular formula is C9H16AuClP. The van der Waals surface area contributed by atoms with Crippen molar-refractivity contribution in [1.29, 1.82) is 0 Å². The van der Waals surface area contributed by atoms with Gasteiger partial charge in [-0.3, -0.25) is 0 Å². The van der Waals surface area contributed by atoms with Crippen molar-refractivity contribution < 1.29 is 22.4 Å². The van der Waals surface area contributed by atoms with Gasteiger partial charge in [-0.2, -0.15) is 0 Å². The van der Waals surface area contributed by atoms with Crippen LogP contribution in [0.5, 0.6) is 0 Å². The molecule has 75 valence electrons. The molecule has 0 saturated heterocycles. The van der Waals surface area contributed by atoms with Crippen LogP contribution >= 0.6 is 17.9 Å². The van der Waals surface area contributed by atoms with Crippen molar-refractivity contribution in [3.05, 3.63) is 38.0 Å². The predicted molar refractivity (Wildman–Crippen MR) is 59.4 cm³/mol. The Labute approximate surface area is 96.4 Å². The fourth-order valence-electron chi connectivity index (χ4n) is 1.03. The predicted octanol–water partition coefficient (Wildman–Crippen LogP) is 3.45. The minimum Gasteiger partial charge on any atom is 0 e. The second kappa shape index (κ2) is 8.29. The third-order valence-electron chi connectivity index (χ3n) is 1.53. The van der Waals surface area contributed by atoms with Gasteiger partial charge in [0, 0.05) is 22.4 Å². The summed E-state index contributed by atoms with van der Waals surface area (Å²) >= 11 is 6.36. The standard InChI is InChI=1S/C9H16ClP.Au/c1-4-7-11(10,8-5-2)9-6-3;/h4-6,11H,1-3,7-9H2;. The van der Waals surface area contributed by atoms with Crippen molar-refractivity contribution in [1.82, 2.24) is 0 Å². The molecule has 0 aromatic rings. The average Bonchev–Trinajstić information content (AvgIpc) is 1.88. The van der Waals surface area contributed by atoms with Crippen LogP contribution in [0.1, 0.15) is 0 Å². The van der Waals surface area contributed by atoms with Crippen LogP contribution in [0.2, 0.25) is 0 Å². The summed E-state index contributed by atoms with van der Waals surface area (Å²) in [4.78, 5) is 0. The summed E-state index contributed by atoms with van der Waals surface area (Å²) in [5.74, 6) is 0. The summed E-state index contributed by atoms with van der Waals surface area (Å²) in [6, 6.07) is 0. The van der Waals surface area contributed by atoms with Crippen molar-refractivity contribution in [3.63, 3.8) is 0 Å². The van der Waals surface area contributed by atoms with Crippen LogP contribution in [0.15, 0.2) is 38.0 Å². The number of allylic oxidation sites excluding steroid dienone is 3. The molecule has 3 heteroatoms. The first-order valence-corrected chi connectivity index (χ1v) is 7.33. The molecule has 12 heavy (non-hydrogen) atoms. The van der Waals surface area contributed by atoms with E-state index in [-0.39, 0.29) is 22.4 Å². The molecule has 0 bridgehead atoms. The van der Waals surface area contributed by atoms with Gasteiger partial charge in [0.15, 0.2) is 0 Å². The minimum atomic E-state index is -1.63. The second-order valence-corrected chi connectivity index (χ2v) is 8.56. The molecule has 0 N–H and O–H groups in total. The molecule has 0 aliphatic heterocycles. The third-order valence-corrected chi connectivity index (χ3v) is 5.98. The minimum absolute atomic E-state index is 0. The summed E-state index contributed by atoms with van der Waals surface area (Å²) in [6.45, 7) is 9.44. The van der Waals surface area contributed by atoms with E-state index < -0.39 is 6.62 Å². The molecule has 0 aromatic carbocycles. The van der Waals surface area contributed by atoms with E-state index in [0.717, 1.165) is 18.5 Å². The van der Waals surface area contributed by atoms with Crippen LogP contribution in [0.3, 0.4) is 0 Å². The molecule has 0 amide bonds. The van der Waals surface area contributed by atoms with Crippen molar-refractivity contribution in [2.45, 2.75) is 0 Å². The first-order chi connectivity index (χ1) is 5.18. The van der Waals surface area contributed by atoms with Crippen molar-refractivity contribution >= 4 is 17.9 Å². The van der Waals surface area contributed by atoms with Gasteiger partial charge in [0.05, 0.1) is 0 Å². The molecule has 0 aliphatic carbocycles. The van der Waals surface area contributed by atoms with Gasteiger partial charge in [-0.1, -0.05) is 0 Å². The molecule has 0 saturated carbocycles. The van der Waals surface area contributed by atoms with Gasteiger partial charge in [0.1, 0.15) is 0 Å². The number of rotatable bonds is 6. The maximum Gasteiger partial charge on any atom is 0 e. The van der Waals surface area contributed by atoms with Crippen LogP contribution in [-0.2, 0) is 22.4 Å². The fourth-order valence-corrected chi connectivity index (χ4v) is 4.06.